The summed E-state index contributed by atoms with van der Waals surface area (Å²) in [5.74, 6) is 0. The molecule has 0 bridgehead atoms. The molecule has 0 aliphatic carbocycles. The van der Waals surface area contributed by atoms with E-state index in [1.807, 2.05) is 12.4 Å². The lowest BCUT2D eigenvalue weighted by Crippen LogP contribution is -2.30. The van der Waals surface area contributed by atoms with E-state index in [0.29, 0.717) is 0 Å². The van der Waals surface area contributed by atoms with Gasteiger partial charge in [-0.05, 0) is 61.3 Å². The summed E-state index contributed by atoms with van der Waals surface area (Å²) >= 11 is 0. The lowest BCUT2D eigenvalue weighted by molar-refractivity contribution is -0.659. The zero-order valence-electron chi connectivity index (χ0n) is 19.7. The highest BCUT2D eigenvalue weighted by Gasteiger charge is 2.19. The van der Waals surface area contributed by atoms with Crippen molar-refractivity contribution in [3.8, 4) is 22.5 Å². The minimum atomic E-state index is 0.201. The maximum absolute atomic E-state index is 4.74. The van der Waals surface area contributed by atoms with Crippen molar-refractivity contribution in [1.82, 2.24) is 9.97 Å². The van der Waals surface area contributed by atoms with Crippen LogP contribution in [-0.4, -0.2) is 9.97 Å². The van der Waals surface area contributed by atoms with Gasteiger partial charge in [0.2, 0.25) is 5.69 Å². The average Bonchev–Trinajstić information content (AvgIpc) is 2.70. The van der Waals surface area contributed by atoms with E-state index in [2.05, 4.69) is 101 Å². The molecule has 3 heteroatoms. The fourth-order valence-electron chi connectivity index (χ4n) is 4.28. The molecule has 0 amide bonds. The van der Waals surface area contributed by atoms with Gasteiger partial charge in [-0.1, -0.05) is 44.5 Å². The van der Waals surface area contributed by atoms with Crippen LogP contribution in [0.1, 0.15) is 43.2 Å². The molecule has 4 aromatic rings. The van der Waals surface area contributed by atoms with Crippen LogP contribution in [0.15, 0.2) is 55.0 Å². The Morgan fingerprint density at radius 2 is 1.68 bits per heavy atom. The number of aromatic nitrogens is 3. The van der Waals surface area contributed by atoms with Crippen LogP contribution in [0.4, 0.5) is 0 Å². The Balaban J connectivity index is 1.86. The Kier molecular flexibility index (Phi) is 5.38. The summed E-state index contributed by atoms with van der Waals surface area (Å²) in [6, 6.07) is 13.3. The highest BCUT2D eigenvalue weighted by atomic mass is 14.9. The Labute approximate surface area is 185 Å². The fraction of sp³-hybridized carbons (Fsp3) is 0.321. The van der Waals surface area contributed by atoms with Gasteiger partial charge in [-0.25, -0.2) is 4.57 Å². The predicted octanol–water partition coefficient (Wildman–Crippen LogP) is 6.30. The first kappa shape index (κ1) is 21.2. The normalized spacial score (nSPS) is 11.8. The molecular weight excluding hydrogens is 378 g/mol. The van der Waals surface area contributed by atoms with E-state index in [0.717, 1.165) is 23.4 Å². The fourth-order valence-corrected chi connectivity index (χ4v) is 4.28. The second-order valence-electron chi connectivity index (χ2n) is 9.96. The molecule has 0 fully saturated rings. The van der Waals surface area contributed by atoms with Crippen molar-refractivity contribution in [1.29, 1.82) is 0 Å². The zero-order valence-corrected chi connectivity index (χ0v) is 19.7. The summed E-state index contributed by atoms with van der Waals surface area (Å²) in [6.45, 7) is 13.2. The molecule has 0 N–H and O–H groups in total. The molecular formula is C28H32N3+. The molecule has 3 nitrogen and oxygen atoms in total. The van der Waals surface area contributed by atoms with Crippen LogP contribution in [-0.2, 0) is 13.5 Å². The van der Waals surface area contributed by atoms with Crippen molar-refractivity contribution in [2.24, 2.45) is 12.5 Å². The number of fused-ring (bicyclic) bond motifs is 1. The van der Waals surface area contributed by atoms with E-state index in [1.165, 1.54) is 38.7 Å². The molecule has 4 rings (SSSR count). The van der Waals surface area contributed by atoms with Crippen molar-refractivity contribution in [3.63, 3.8) is 0 Å². The Bertz CT molecular complexity index is 1260. The van der Waals surface area contributed by atoms with Gasteiger partial charge in [-0.2, -0.15) is 0 Å². The molecule has 2 heterocycles. The van der Waals surface area contributed by atoms with Crippen LogP contribution >= 0.6 is 0 Å². The van der Waals surface area contributed by atoms with Crippen molar-refractivity contribution in [2.75, 3.05) is 0 Å². The van der Waals surface area contributed by atoms with Crippen molar-refractivity contribution >= 4 is 10.8 Å². The Morgan fingerprint density at radius 3 is 2.35 bits per heavy atom. The molecule has 0 atom stereocenters. The van der Waals surface area contributed by atoms with Crippen molar-refractivity contribution in [2.45, 2.75) is 48.0 Å². The Hall–Kier alpha value is -3.07. The van der Waals surface area contributed by atoms with Gasteiger partial charge in [0.15, 0.2) is 6.20 Å². The molecule has 0 aliphatic heterocycles. The van der Waals surface area contributed by atoms with Gasteiger partial charge in [0.05, 0.1) is 28.5 Å². The van der Waals surface area contributed by atoms with Gasteiger partial charge in [-0.15, -0.1) is 0 Å². The van der Waals surface area contributed by atoms with Gasteiger partial charge >= 0.3 is 0 Å². The maximum atomic E-state index is 4.74. The second-order valence-corrected chi connectivity index (χ2v) is 9.96. The van der Waals surface area contributed by atoms with E-state index >= 15 is 0 Å². The van der Waals surface area contributed by atoms with Crippen LogP contribution in [0.2, 0.25) is 0 Å². The third kappa shape index (κ3) is 4.36. The van der Waals surface area contributed by atoms with Gasteiger partial charge < -0.3 is 0 Å². The van der Waals surface area contributed by atoms with Gasteiger partial charge in [-0.3, -0.25) is 9.97 Å². The maximum Gasteiger partial charge on any atom is 0.220 e. The number of hydrogen-bond acceptors (Lipinski definition) is 2. The average molecular weight is 411 g/mol. The molecule has 0 unspecified atom stereocenters. The lowest BCUT2D eigenvalue weighted by Gasteiger charge is -2.17. The summed E-state index contributed by atoms with van der Waals surface area (Å²) in [5.41, 5.74) is 9.70. The first-order chi connectivity index (χ1) is 14.6. The van der Waals surface area contributed by atoms with E-state index < -0.39 is 0 Å². The van der Waals surface area contributed by atoms with Crippen molar-refractivity contribution < 1.29 is 4.57 Å². The quantitative estimate of drug-likeness (QED) is 0.371. The third-order valence-electron chi connectivity index (χ3n) is 5.92. The monoisotopic (exact) mass is 410 g/mol. The molecule has 0 saturated heterocycles. The topological polar surface area (TPSA) is 29.7 Å². The molecule has 0 radical (unpaired) electrons. The number of hydrogen-bond donors (Lipinski definition) is 0. The summed E-state index contributed by atoms with van der Waals surface area (Å²) < 4.78 is 2.23. The van der Waals surface area contributed by atoms with E-state index in [9.17, 15) is 0 Å². The number of aryl methyl sites for hydroxylation is 3. The number of pyridine rings is 1. The third-order valence-corrected chi connectivity index (χ3v) is 5.92. The van der Waals surface area contributed by atoms with Crippen LogP contribution < -0.4 is 4.57 Å². The molecule has 31 heavy (non-hydrogen) atoms. The number of benzene rings is 2. The SMILES string of the molecule is Cc1cc(C)c(C)c(-c2c3cc(-c4cnc(CC(C)(C)C)cn4)ccc3cc[n+]2C)c1. The predicted molar refractivity (Wildman–Crippen MR) is 129 cm³/mol. The molecule has 0 aliphatic rings. The first-order valence-corrected chi connectivity index (χ1v) is 10.9. The number of nitrogens with zero attached hydrogens (tertiary/aromatic N) is 3. The number of rotatable bonds is 3. The highest BCUT2D eigenvalue weighted by molar-refractivity contribution is 5.96. The van der Waals surface area contributed by atoms with Crippen molar-refractivity contribution in [3.05, 3.63) is 77.4 Å². The van der Waals surface area contributed by atoms with Gasteiger partial charge in [0.25, 0.3) is 0 Å². The van der Waals surface area contributed by atoms with Crippen LogP contribution in [0.25, 0.3) is 33.3 Å². The standard InChI is InChI=1S/C28H32N3/c1-18-12-19(2)20(3)24(13-18)27-25-14-22(9-8-21(25)10-11-31(27)7)26-17-29-23(16-30-26)15-28(4,5)6/h8-14,16-17H,15H2,1-7H3/q+1. The van der Waals surface area contributed by atoms with Gasteiger partial charge in [0, 0.05) is 17.8 Å². The lowest BCUT2D eigenvalue weighted by atomic mass is 9.91. The molecule has 0 spiro atoms. The Morgan fingerprint density at radius 1 is 0.903 bits per heavy atom. The van der Waals surface area contributed by atoms with Crippen LogP contribution in [0, 0.1) is 26.2 Å². The largest absolute Gasteiger partial charge is 0.257 e. The zero-order chi connectivity index (χ0) is 22.3. The molecule has 2 aromatic heterocycles. The smallest absolute Gasteiger partial charge is 0.220 e. The molecule has 2 aromatic carbocycles. The summed E-state index contributed by atoms with van der Waals surface area (Å²) in [4.78, 5) is 9.43. The highest BCUT2D eigenvalue weighted by Crippen LogP contribution is 2.32. The molecule has 0 saturated carbocycles. The van der Waals surface area contributed by atoms with Crippen LogP contribution in [0.3, 0.4) is 0 Å². The van der Waals surface area contributed by atoms with Crippen LogP contribution in [0.5, 0.6) is 0 Å². The minimum Gasteiger partial charge on any atom is -0.257 e. The summed E-state index contributed by atoms with van der Waals surface area (Å²) in [5, 5.41) is 2.46. The van der Waals surface area contributed by atoms with Gasteiger partial charge in [0.1, 0.15) is 7.05 Å². The summed E-state index contributed by atoms with van der Waals surface area (Å²) in [6.07, 6.45) is 6.90. The second kappa shape index (κ2) is 7.88. The van der Waals surface area contributed by atoms with E-state index in [4.69, 9.17) is 4.98 Å². The summed E-state index contributed by atoms with van der Waals surface area (Å²) in [7, 11) is 2.12. The minimum absolute atomic E-state index is 0.201. The molecule has 158 valence electrons. The van der Waals surface area contributed by atoms with E-state index in [-0.39, 0.29) is 5.41 Å². The first-order valence-electron chi connectivity index (χ1n) is 10.9. The van der Waals surface area contributed by atoms with E-state index in [1.54, 1.807) is 0 Å².